The summed E-state index contributed by atoms with van der Waals surface area (Å²) in [5, 5.41) is 11.1. The molecule has 3 saturated heterocycles. The van der Waals surface area contributed by atoms with Crippen molar-refractivity contribution in [2.24, 2.45) is 5.92 Å². The number of nitrogens with zero attached hydrogens (tertiary/aromatic N) is 7. The Labute approximate surface area is 338 Å². The molecule has 4 heterocycles. The van der Waals surface area contributed by atoms with Gasteiger partial charge in [-0.05, 0) is 72.1 Å². The molecule has 3 fully saturated rings. The first-order chi connectivity index (χ1) is 27.6. The third-order valence-corrected chi connectivity index (χ3v) is 12.7. The molecule has 3 aromatic carbocycles. The number of piperazine rings is 2. The van der Waals surface area contributed by atoms with Gasteiger partial charge in [0.05, 0.1) is 17.7 Å². The smallest absolute Gasteiger partial charge is 0.259 e. The molecule has 1 N–H and O–H groups in total. The number of anilines is 1. The lowest BCUT2D eigenvalue weighted by Crippen LogP contribution is -2.53. The highest BCUT2D eigenvalue weighted by molar-refractivity contribution is 6.30. The zero-order valence-electron chi connectivity index (χ0n) is 32.4. The number of carbonyl (C=O) groups excluding carboxylic acids is 2. The standard InChI is InChI=1S/C44H50ClF2N7O3/c1-29-23-38(55)41-39(29)42(49-28-48-41)52-19-21-54(22-20-52)43(56)35(32-7-9-34(45)10-8-32)27-51-17-15-50(16-18-51)26-30-11-13-53(14-12-30)44(57)40-36(46)24-33(25-37(40)47)31-5-3-2-4-6-31/h2-10,24-25,28-30,35,38,55H,11-23,26-27H2,1H3/t29-,35-,38-/m1/s1. The molecule has 0 bridgehead atoms. The Morgan fingerprint density at radius 2 is 1.46 bits per heavy atom. The van der Waals surface area contributed by atoms with Gasteiger partial charge in [0.2, 0.25) is 5.91 Å². The summed E-state index contributed by atoms with van der Waals surface area (Å²) in [6.45, 7) is 10.5. The highest BCUT2D eigenvalue weighted by Crippen LogP contribution is 2.43. The van der Waals surface area contributed by atoms with Crippen molar-refractivity contribution < 1.29 is 23.5 Å². The molecule has 0 unspecified atom stereocenters. The van der Waals surface area contributed by atoms with Gasteiger partial charge in [-0.25, -0.2) is 18.7 Å². The van der Waals surface area contributed by atoms with Gasteiger partial charge in [-0.15, -0.1) is 0 Å². The van der Waals surface area contributed by atoms with E-state index < -0.39 is 29.2 Å². The highest BCUT2D eigenvalue weighted by Gasteiger charge is 2.36. The maximum atomic E-state index is 15.1. The molecule has 57 heavy (non-hydrogen) atoms. The third-order valence-electron chi connectivity index (χ3n) is 12.4. The van der Waals surface area contributed by atoms with Crippen molar-refractivity contribution in [3.63, 3.8) is 0 Å². The molecule has 4 aliphatic rings. The number of hydrogen-bond donors (Lipinski definition) is 1. The summed E-state index contributed by atoms with van der Waals surface area (Å²) in [6, 6.07) is 19.1. The Morgan fingerprint density at radius 3 is 2.12 bits per heavy atom. The lowest BCUT2D eigenvalue weighted by Gasteiger charge is -2.41. The topological polar surface area (TPSA) is 96.3 Å². The van der Waals surface area contributed by atoms with Crippen molar-refractivity contribution in [1.29, 1.82) is 0 Å². The Kier molecular flexibility index (Phi) is 11.8. The molecule has 0 radical (unpaired) electrons. The molecule has 13 heteroatoms. The van der Waals surface area contributed by atoms with E-state index in [-0.39, 0.29) is 17.7 Å². The number of hydrogen-bond acceptors (Lipinski definition) is 8. The van der Waals surface area contributed by atoms with Gasteiger partial charge in [0, 0.05) is 89.1 Å². The van der Waals surface area contributed by atoms with Crippen LogP contribution in [0.2, 0.25) is 5.02 Å². The summed E-state index contributed by atoms with van der Waals surface area (Å²) in [7, 11) is 0. The minimum Gasteiger partial charge on any atom is -0.387 e. The predicted octanol–water partition coefficient (Wildman–Crippen LogP) is 6.22. The van der Waals surface area contributed by atoms with Crippen LogP contribution in [0.5, 0.6) is 0 Å². The summed E-state index contributed by atoms with van der Waals surface area (Å²) < 4.78 is 30.3. The lowest BCUT2D eigenvalue weighted by molar-refractivity contribution is -0.133. The van der Waals surface area contributed by atoms with Crippen LogP contribution in [0.1, 0.15) is 71.3 Å². The number of fused-ring (bicyclic) bond motifs is 1. The van der Waals surface area contributed by atoms with Crippen LogP contribution in [-0.4, -0.2) is 125 Å². The Bertz CT molecular complexity index is 2030. The molecule has 3 aliphatic heterocycles. The normalized spacial score (nSPS) is 21.5. The molecule has 2 amide bonds. The van der Waals surface area contributed by atoms with Gasteiger partial charge in [0.15, 0.2) is 0 Å². The Hall–Kier alpha value is -4.49. The average Bonchev–Trinajstić information content (AvgIpc) is 3.53. The number of aliphatic hydroxyl groups excluding tert-OH is 1. The highest BCUT2D eigenvalue weighted by atomic mass is 35.5. The minimum atomic E-state index is -0.834. The number of aliphatic hydroxyl groups is 1. The molecular formula is C44H50ClF2N7O3. The largest absolute Gasteiger partial charge is 0.387 e. The second-order valence-electron chi connectivity index (χ2n) is 16.1. The van der Waals surface area contributed by atoms with Crippen molar-refractivity contribution in [1.82, 2.24) is 29.6 Å². The van der Waals surface area contributed by atoms with Crippen molar-refractivity contribution >= 4 is 29.2 Å². The monoisotopic (exact) mass is 797 g/mol. The van der Waals surface area contributed by atoms with E-state index in [0.29, 0.717) is 74.3 Å². The second-order valence-corrected chi connectivity index (χ2v) is 16.5. The molecule has 1 aromatic heterocycles. The maximum absolute atomic E-state index is 15.1. The van der Waals surface area contributed by atoms with Crippen LogP contribution in [-0.2, 0) is 4.79 Å². The van der Waals surface area contributed by atoms with E-state index >= 15 is 8.78 Å². The zero-order chi connectivity index (χ0) is 39.6. The van der Waals surface area contributed by atoms with Crippen LogP contribution >= 0.6 is 11.6 Å². The summed E-state index contributed by atoms with van der Waals surface area (Å²) in [5.41, 5.74) is 3.32. The Balaban J connectivity index is 0.834. The van der Waals surface area contributed by atoms with Crippen molar-refractivity contribution in [2.75, 3.05) is 83.4 Å². The fraction of sp³-hybridized carbons (Fsp3) is 0.455. The molecule has 300 valence electrons. The SMILES string of the molecule is C[C@@H]1C[C@@H](O)c2ncnc(N3CCN(C(=O)[C@H](CN4CCN(CC5CCN(C(=O)c6c(F)cc(-c7ccccc7)cc6F)CC5)CC4)c4ccc(Cl)cc4)CC3)c21. The van der Waals surface area contributed by atoms with Crippen molar-refractivity contribution in [3.8, 4) is 11.1 Å². The summed E-state index contributed by atoms with van der Waals surface area (Å²) in [4.78, 5) is 47.2. The Morgan fingerprint density at radius 1 is 0.807 bits per heavy atom. The predicted molar refractivity (Wildman–Crippen MR) is 216 cm³/mol. The third kappa shape index (κ3) is 8.55. The van der Waals surface area contributed by atoms with Gasteiger partial charge in [-0.2, -0.15) is 0 Å². The van der Waals surface area contributed by atoms with Crippen LogP contribution < -0.4 is 4.90 Å². The van der Waals surface area contributed by atoms with Gasteiger partial charge >= 0.3 is 0 Å². The van der Waals surface area contributed by atoms with E-state index in [0.717, 1.165) is 68.2 Å². The maximum Gasteiger partial charge on any atom is 0.259 e. The van der Waals surface area contributed by atoms with Crippen LogP contribution in [0.15, 0.2) is 73.1 Å². The van der Waals surface area contributed by atoms with E-state index in [4.69, 9.17) is 11.6 Å². The van der Waals surface area contributed by atoms with Crippen LogP contribution in [0.3, 0.4) is 0 Å². The zero-order valence-corrected chi connectivity index (χ0v) is 33.1. The van der Waals surface area contributed by atoms with Gasteiger partial charge in [-0.3, -0.25) is 14.5 Å². The molecular weight excluding hydrogens is 748 g/mol. The van der Waals surface area contributed by atoms with E-state index in [1.54, 1.807) is 29.2 Å². The summed E-state index contributed by atoms with van der Waals surface area (Å²) >= 11 is 6.26. The van der Waals surface area contributed by atoms with E-state index in [9.17, 15) is 14.7 Å². The van der Waals surface area contributed by atoms with Crippen LogP contribution in [0.25, 0.3) is 11.1 Å². The second kappa shape index (κ2) is 17.2. The summed E-state index contributed by atoms with van der Waals surface area (Å²) in [5.74, 6) is -1.04. The number of likely N-dealkylation sites (tertiary alicyclic amines) is 1. The summed E-state index contributed by atoms with van der Waals surface area (Å²) in [6.07, 6.45) is 3.18. The molecule has 0 spiro atoms. The van der Waals surface area contributed by atoms with Gasteiger partial charge in [-0.1, -0.05) is 61.0 Å². The first-order valence-corrected chi connectivity index (χ1v) is 20.6. The quantitative estimate of drug-likeness (QED) is 0.214. The first-order valence-electron chi connectivity index (χ1n) is 20.2. The van der Waals surface area contributed by atoms with Gasteiger partial charge in [0.25, 0.3) is 5.91 Å². The van der Waals surface area contributed by atoms with Gasteiger partial charge in [0.1, 0.15) is 29.3 Å². The fourth-order valence-electron chi connectivity index (χ4n) is 9.16. The number of benzene rings is 3. The van der Waals surface area contributed by atoms with E-state index in [2.05, 4.69) is 31.6 Å². The van der Waals surface area contributed by atoms with Crippen molar-refractivity contribution in [2.45, 2.75) is 44.1 Å². The number of aromatic nitrogens is 2. The molecule has 0 saturated carbocycles. The fourth-order valence-corrected chi connectivity index (χ4v) is 9.29. The number of halogens is 3. The number of piperidine rings is 1. The lowest BCUT2D eigenvalue weighted by atomic mass is 9.94. The molecule has 1 aliphatic carbocycles. The first kappa shape index (κ1) is 39.3. The van der Waals surface area contributed by atoms with Gasteiger partial charge < -0.3 is 24.7 Å². The average molecular weight is 798 g/mol. The van der Waals surface area contributed by atoms with Crippen LogP contribution in [0.4, 0.5) is 14.6 Å². The van der Waals surface area contributed by atoms with E-state index in [1.807, 2.05) is 35.2 Å². The number of carbonyl (C=O) groups is 2. The molecule has 3 atom stereocenters. The minimum absolute atomic E-state index is 0.115. The molecule has 8 rings (SSSR count). The van der Waals surface area contributed by atoms with Crippen LogP contribution in [0, 0.1) is 17.6 Å². The van der Waals surface area contributed by atoms with E-state index in [1.165, 1.54) is 18.5 Å². The number of rotatable bonds is 9. The van der Waals surface area contributed by atoms with Crippen molar-refractivity contribution in [3.05, 3.63) is 112 Å². The molecule has 4 aromatic rings. The number of amides is 2. The molecule has 10 nitrogen and oxygen atoms in total.